The van der Waals surface area contributed by atoms with E-state index < -0.39 is 0 Å². The van der Waals surface area contributed by atoms with Crippen molar-refractivity contribution in [3.05, 3.63) is 54.1 Å². The van der Waals surface area contributed by atoms with E-state index in [1.54, 1.807) is 13.3 Å². The number of hydrogen-bond donors (Lipinski definition) is 1. The van der Waals surface area contributed by atoms with Crippen LogP contribution in [0.4, 0.5) is 0 Å². The number of nitrogens with zero attached hydrogens (tertiary/aromatic N) is 3. The van der Waals surface area contributed by atoms with Gasteiger partial charge in [0.05, 0.1) is 30.8 Å². The summed E-state index contributed by atoms with van der Waals surface area (Å²) in [6.07, 6.45) is 3.67. The molecule has 0 aliphatic carbocycles. The van der Waals surface area contributed by atoms with Gasteiger partial charge in [-0.3, -0.25) is 4.98 Å². The smallest absolute Gasteiger partial charge is 0.136 e. The van der Waals surface area contributed by atoms with E-state index in [4.69, 9.17) is 14.5 Å². The van der Waals surface area contributed by atoms with E-state index in [0.717, 1.165) is 35.7 Å². The van der Waals surface area contributed by atoms with Crippen LogP contribution in [-0.2, 0) is 17.9 Å². The molecule has 1 aliphatic heterocycles. The number of methoxy groups -OCH3 is 1. The Kier molecular flexibility index (Phi) is 4.15. The van der Waals surface area contributed by atoms with E-state index in [9.17, 15) is 0 Å². The van der Waals surface area contributed by atoms with Crippen LogP contribution in [0.3, 0.4) is 0 Å². The van der Waals surface area contributed by atoms with Gasteiger partial charge in [0.15, 0.2) is 0 Å². The lowest BCUT2D eigenvalue weighted by atomic mass is 10.2. The van der Waals surface area contributed by atoms with Crippen LogP contribution in [0.2, 0.25) is 0 Å². The maximum atomic E-state index is 5.73. The maximum Gasteiger partial charge on any atom is 0.136 e. The number of hydrogen-bond acceptors (Lipinski definition) is 5. The number of pyridine rings is 1. The second-order valence-corrected chi connectivity index (χ2v) is 5.91. The predicted octanol–water partition coefficient (Wildman–Crippen LogP) is 2.30. The van der Waals surface area contributed by atoms with Crippen LogP contribution in [0.25, 0.3) is 11.0 Å². The van der Waals surface area contributed by atoms with Gasteiger partial charge in [-0.2, -0.15) is 0 Å². The molecule has 1 aliphatic rings. The first-order valence-electron chi connectivity index (χ1n) is 8.07. The summed E-state index contributed by atoms with van der Waals surface area (Å²) < 4.78 is 13.3. The summed E-state index contributed by atoms with van der Waals surface area (Å²) in [5, 5.41) is 3.50. The minimum absolute atomic E-state index is 0.226. The summed E-state index contributed by atoms with van der Waals surface area (Å²) in [5.74, 6) is 1.79. The Balaban J connectivity index is 1.54. The number of aromatic nitrogens is 3. The number of benzene rings is 1. The van der Waals surface area contributed by atoms with E-state index in [1.165, 1.54) is 5.56 Å². The van der Waals surface area contributed by atoms with Crippen LogP contribution >= 0.6 is 0 Å². The largest absolute Gasteiger partial charge is 0.497 e. The minimum atomic E-state index is 0.226. The highest BCUT2D eigenvalue weighted by atomic mass is 16.5. The summed E-state index contributed by atoms with van der Waals surface area (Å²) in [6, 6.07) is 10.3. The Morgan fingerprint density at radius 3 is 3.17 bits per heavy atom. The molecule has 1 aromatic carbocycles. The van der Waals surface area contributed by atoms with Crippen molar-refractivity contribution in [1.29, 1.82) is 0 Å². The third-order valence-corrected chi connectivity index (χ3v) is 4.31. The quantitative estimate of drug-likeness (QED) is 0.780. The van der Waals surface area contributed by atoms with Gasteiger partial charge >= 0.3 is 0 Å². The first-order valence-corrected chi connectivity index (χ1v) is 8.07. The van der Waals surface area contributed by atoms with Gasteiger partial charge in [0.2, 0.25) is 0 Å². The molecule has 0 bridgehead atoms. The molecule has 0 radical (unpaired) electrons. The SMILES string of the molecule is COc1ccc2c(c1)nc1n2C(CNCc2cccnc2)COC1. The second kappa shape index (κ2) is 6.59. The molecule has 1 N–H and O–H groups in total. The molecule has 24 heavy (non-hydrogen) atoms. The van der Waals surface area contributed by atoms with Crippen molar-refractivity contribution in [2.75, 3.05) is 20.3 Å². The summed E-state index contributed by atoms with van der Waals surface area (Å²) in [7, 11) is 1.67. The van der Waals surface area contributed by atoms with Crippen LogP contribution in [-0.4, -0.2) is 34.8 Å². The van der Waals surface area contributed by atoms with Crippen LogP contribution in [0.5, 0.6) is 5.75 Å². The first kappa shape index (κ1) is 15.1. The number of fused-ring (bicyclic) bond motifs is 3. The van der Waals surface area contributed by atoms with Gasteiger partial charge in [0, 0.05) is 31.5 Å². The molecule has 0 amide bonds. The van der Waals surface area contributed by atoms with Crippen LogP contribution in [0.1, 0.15) is 17.4 Å². The third kappa shape index (κ3) is 2.86. The van der Waals surface area contributed by atoms with Crippen molar-refractivity contribution in [1.82, 2.24) is 19.9 Å². The Morgan fingerprint density at radius 2 is 2.33 bits per heavy atom. The number of nitrogens with one attached hydrogen (secondary N) is 1. The molecule has 0 saturated heterocycles. The normalized spacial score (nSPS) is 17.0. The molecule has 0 fully saturated rings. The molecule has 6 nitrogen and oxygen atoms in total. The summed E-state index contributed by atoms with van der Waals surface area (Å²) in [4.78, 5) is 8.84. The number of rotatable bonds is 5. The lowest BCUT2D eigenvalue weighted by Crippen LogP contribution is -2.32. The lowest BCUT2D eigenvalue weighted by Gasteiger charge is -2.26. The van der Waals surface area contributed by atoms with Crippen molar-refractivity contribution in [3.8, 4) is 5.75 Å². The van der Waals surface area contributed by atoms with Gasteiger partial charge in [-0.15, -0.1) is 0 Å². The van der Waals surface area contributed by atoms with Gasteiger partial charge in [-0.05, 0) is 23.8 Å². The molecular formula is C18H20N4O2. The van der Waals surface area contributed by atoms with Gasteiger partial charge in [0.25, 0.3) is 0 Å². The van der Waals surface area contributed by atoms with E-state index in [0.29, 0.717) is 13.2 Å². The summed E-state index contributed by atoms with van der Waals surface area (Å²) >= 11 is 0. The molecule has 1 atom stereocenters. The number of imidazole rings is 1. The molecule has 2 aromatic heterocycles. The molecule has 1 unspecified atom stereocenters. The standard InChI is InChI=1S/C18H20N4O2/c1-23-15-4-5-17-16(7-15)21-18-12-24-11-14(22(17)18)10-20-9-13-3-2-6-19-8-13/h2-8,14,20H,9-12H2,1H3. The van der Waals surface area contributed by atoms with E-state index in [1.807, 2.05) is 24.4 Å². The average molecular weight is 324 g/mol. The average Bonchev–Trinajstić information content (AvgIpc) is 3.01. The lowest BCUT2D eigenvalue weighted by molar-refractivity contribution is 0.0564. The van der Waals surface area contributed by atoms with Crippen LogP contribution < -0.4 is 10.1 Å². The molecule has 6 heteroatoms. The van der Waals surface area contributed by atoms with Crippen LogP contribution in [0, 0.1) is 0 Å². The van der Waals surface area contributed by atoms with E-state index in [2.05, 4.69) is 27.0 Å². The minimum Gasteiger partial charge on any atom is -0.497 e. The zero-order chi connectivity index (χ0) is 16.4. The molecule has 3 aromatic rings. The monoisotopic (exact) mass is 324 g/mol. The molecule has 4 rings (SSSR count). The third-order valence-electron chi connectivity index (χ3n) is 4.31. The van der Waals surface area contributed by atoms with Gasteiger partial charge in [0.1, 0.15) is 18.2 Å². The molecule has 0 spiro atoms. The van der Waals surface area contributed by atoms with Crippen molar-refractivity contribution in [2.24, 2.45) is 0 Å². The highest BCUT2D eigenvalue weighted by molar-refractivity contribution is 5.78. The van der Waals surface area contributed by atoms with Gasteiger partial charge in [-0.1, -0.05) is 6.07 Å². The van der Waals surface area contributed by atoms with Crippen molar-refractivity contribution in [3.63, 3.8) is 0 Å². The fourth-order valence-electron chi connectivity index (χ4n) is 3.16. The topological polar surface area (TPSA) is 61.2 Å². The molecule has 0 saturated carbocycles. The molecule has 124 valence electrons. The van der Waals surface area contributed by atoms with Crippen LogP contribution in [0.15, 0.2) is 42.7 Å². The predicted molar refractivity (Wildman–Crippen MR) is 90.9 cm³/mol. The Labute approximate surface area is 140 Å². The van der Waals surface area contributed by atoms with Gasteiger partial charge in [-0.25, -0.2) is 4.98 Å². The fourth-order valence-corrected chi connectivity index (χ4v) is 3.16. The Morgan fingerprint density at radius 1 is 1.38 bits per heavy atom. The van der Waals surface area contributed by atoms with Crippen molar-refractivity contribution < 1.29 is 9.47 Å². The first-order chi connectivity index (χ1) is 11.8. The Hall–Kier alpha value is -2.44. The van der Waals surface area contributed by atoms with E-state index >= 15 is 0 Å². The van der Waals surface area contributed by atoms with E-state index in [-0.39, 0.29) is 6.04 Å². The Bertz CT molecular complexity index is 832. The summed E-state index contributed by atoms with van der Waals surface area (Å²) in [6.45, 7) is 2.85. The maximum absolute atomic E-state index is 5.73. The fraction of sp³-hybridized carbons (Fsp3) is 0.333. The van der Waals surface area contributed by atoms with Crippen molar-refractivity contribution in [2.45, 2.75) is 19.2 Å². The van der Waals surface area contributed by atoms with Gasteiger partial charge < -0.3 is 19.4 Å². The zero-order valence-electron chi connectivity index (χ0n) is 13.6. The summed E-state index contributed by atoms with van der Waals surface area (Å²) in [5.41, 5.74) is 3.25. The molecule has 3 heterocycles. The number of ether oxygens (including phenoxy) is 2. The second-order valence-electron chi connectivity index (χ2n) is 5.91. The molecular weight excluding hydrogens is 304 g/mol. The highest BCUT2D eigenvalue weighted by Crippen LogP contribution is 2.28. The van der Waals surface area contributed by atoms with Crippen molar-refractivity contribution >= 4 is 11.0 Å². The highest BCUT2D eigenvalue weighted by Gasteiger charge is 2.23. The zero-order valence-corrected chi connectivity index (χ0v) is 13.6.